The summed E-state index contributed by atoms with van der Waals surface area (Å²) in [6.45, 7) is 6.98. The summed E-state index contributed by atoms with van der Waals surface area (Å²) in [5, 5.41) is 3.20. The van der Waals surface area contributed by atoms with Gasteiger partial charge < -0.3 is 10.1 Å². The lowest BCUT2D eigenvalue weighted by molar-refractivity contribution is 0.0505. The van der Waals surface area contributed by atoms with E-state index in [-0.39, 0.29) is 22.8 Å². The third kappa shape index (κ3) is 6.34. The topological polar surface area (TPSA) is 119 Å². The molecule has 0 saturated carbocycles. The van der Waals surface area contributed by atoms with Crippen LogP contribution in [0.4, 0.5) is 4.79 Å². The highest BCUT2D eigenvalue weighted by molar-refractivity contribution is 7.88. The van der Waals surface area contributed by atoms with Crippen LogP contribution in [0.5, 0.6) is 0 Å². The van der Waals surface area contributed by atoms with Crippen LogP contribution in [0.2, 0.25) is 5.02 Å². The average molecular weight is 507 g/mol. The van der Waals surface area contributed by atoms with Crippen LogP contribution in [0.15, 0.2) is 47.3 Å². The molecule has 0 saturated heterocycles. The number of carbonyl (C=O) groups excluding carboxylic acids is 1. The Morgan fingerprint density at radius 3 is 2.53 bits per heavy atom. The first kappa shape index (κ1) is 25.7. The Morgan fingerprint density at radius 1 is 1.21 bits per heavy atom. The second kappa shape index (κ2) is 9.73. The monoisotopic (exact) mass is 506 g/mol. The number of fused-ring (bicyclic) bond motifs is 1. The molecule has 0 aliphatic heterocycles. The fourth-order valence-corrected chi connectivity index (χ4v) is 3.99. The molecule has 11 heteroatoms. The number of alkyl carbamates (subject to hydrolysis) is 1. The van der Waals surface area contributed by atoms with Crippen molar-refractivity contribution in [2.24, 2.45) is 0 Å². The van der Waals surface area contributed by atoms with Crippen LogP contribution < -0.4 is 15.6 Å². The number of rotatable bonds is 6. The van der Waals surface area contributed by atoms with E-state index in [0.29, 0.717) is 16.8 Å². The number of benzene rings is 2. The fourth-order valence-electron chi connectivity index (χ4n) is 3.32. The van der Waals surface area contributed by atoms with Crippen molar-refractivity contribution in [3.63, 3.8) is 0 Å². The first-order valence-corrected chi connectivity index (χ1v) is 12.8. The Kier molecular flexibility index (Phi) is 7.35. The molecule has 1 heterocycles. The van der Waals surface area contributed by atoms with E-state index in [9.17, 15) is 18.0 Å². The number of hydrogen-bond donors (Lipinski definition) is 2. The summed E-state index contributed by atoms with van der Waals surface area (Å²) in [6.07, 6.45) is 0.414. The third-order valence-electron chi connectivity index (χ3n) is 4.70. The van der Waals surface area contributed by atoms with Crippen molar-refractivity contribution in [1.29, 1.82) is 0 Å². The van der Waals surface area contributed by atoms with Crippen LogP contribution in [0, 0.1) is 0 Å². The van der Waals surface area contributed by atoms with Gasteiger partial charge in [0.05, 0.1) is 33.9 Å². The molecule has 0 spiro atoms. The van der Waals surface area contributed by atoms with Gasteiger partial charge in [0.1, 0.15) is 11.4 Å². The molecule has 2 aromatic carbocycles. The van der Waals surface area contributed by atoms with Gasteiger partial charge in [-0.25, -0.2) is 22.9 Å². The number of carbonyl (C=O) groups is 1. The van der Waals surface area contributed by atoms with Crippen LogP contribution >= 0.6 is 11.6 Å². The maximum absolute atomic E-state index is 13.6. The lowest BCUT2D eigenvalue weighted by Gasteiger charge is -2.23. The van der Waals surface area contributed by atoms with Crippen LogP contribution in [-0.2, 0) is 21.3 Å². The largest absolute Gasteiger partial charge is 0.444 e. The van der Waals surface area contributed by atoms with Gasteiger partial charge >= 0.3 is 6.09 Å². The van der Waals surface area contributed by atoms with Crippen LogP contribution in [0.1, 0.15) is 45.1 Å². The molecule has 3 aromatic rings. The van der Waals surface area contributed by atoms with E-state index in [0.717, 1.165) is 6.26 Å². The minimum Gasteiger partial charge on any atom is -0.444 e. The molecule has 1 atom stereocenters. The van der Waals surface area contributed by atoms with Crippen molar-refractivity contribution >= 4 is 38.6 Å². The third-order valence-corrected chi connectivity index (χ3v) is 5.68. The number of ether oxygens (including phenoxy) is 1. The van der Waals surface area contributed by atoms with E-state index < -0.39 is 33.3 Å². The molecule has 1 amide bonds. The summed E-state index contributed by atoms with van der Waals surface area (Å²) in [7, 11) is -3.40. The first-order valence-electron chi connectivity index (χ1n) is 10.5. The Balaban J connectivity index is 2.15. The lowest BCUT2D eigenvalue weighted by Crippen LogP contribution is -2.37. The van der Waals surface area contributed by atoms with Crippen LogP contribution in [-0.4, -0.2) is 35.9 Å². The molecule has 1 aromatic heterocycles. The normalized spacial score (nSPS) is 13.0. The molecule has 9 nitrogen and oxygen atoms in total. The molecule has 0 aliphatic rings. The predicted octanol–water partition coefficient (Wildman–Crippen LogP) is 3.67. The zero-order valence-corrected chi connectivity index (χ0v) is 21.1. The molecule has 182 valence electrons. The minimum atomic E-state index is -3.40. The summed E-state index contributed by atoms with van der Waals surface area (Å²) < 4.78 is 32.1. The second-order valence-electron chi connectivity index (χ2n) is 8.88. The molecule has 34 heavy (non-hydrogen) atoms. The first-order chi connectivity index (χ1) is 15.7. The summed E-state index contributed by atoms with van der Waals surface area (Å²) in [6, 6.07) is 11.1. The zero-order valence-electron chi connectivity index (χ0n) is 19.5. The van der Waals surface area contributed by atoms with Crippen molar-refractivity contribution in [3.8, 4) is 5.69 Å². The van der Waals surface area contributed by atoms with Crippen molar-refractivity contribution < 1.29 is 17.9 Å². The van der Waals surface area contributed by atoms with E-state index >= 15 is 0 Å². The summed E-state index contributed by atoms with van der Waals surface area (Å²) in [5.41, 5.74) is 0.343. The highest BCUT2D eigenvalue weighted by atomic mass is 35.5. The quantitative estimate of drug-likeness (QED) is 0.526. The van der Waals surface area contributed by atoms with Gasteiger partial charge in [-0.3, -0.25) is 9.36 Å². The fraction of sp³-hybridized carbons (Fsp3) is 0.348. The van der Waals surface area contributed by atoms with Gasteiger partial charge in [-0.15, -0.1) is 0 Å². The maximum atomic E-state index is 13.6. The Bertz CT molecular complexity index is 1400. The van der Waals surface area contributed by atoms with Crippen LogP contribution in [0.3, 0.4) is 0 Å². The average Bonchev–Trinajstić information content (AvgIpc) is 2.70. The standard InChI is InChI=1S/C23H27ClN4O5S/c1-14(26-22(30)33-23(2,3)4)20-27-18-11-7-10-17(24)19(18)21(29)28(20)16-9-6-8-15(12-16)13-25-34(5,31)32/h6-12,14,25H,13H2,1-5H3,(H,26,30)/t14-/m0/s1. The zero-order chi connectivity index (χ0) is 25.3. The number of nitrogens with zero attached hydrogens (tertiary/aromatic N) is 2. The number of halogens is 1. The van der Waals surface area contributed by atoms with Gasteiger partial charge in [-0.05, 0) is 57.5 Å². The molecular formula is C23H27ClN4O5S. The highest BCUT2D eigenvalue weighted by Gasteiger charge is 2.23. The van der Waals surface area contributed by atoms with Crippen molar-refractivity contribution in [3.05, 3.63) is 69.2 Å². The maximum Gasteiger partial charge on any atom is 0.408 e. The van der Waals surface area contributed by atoms with Gasteiger partial charge in [0.25, 0.3) is 5.56 Å². The van der Waals surface area contributed by atoms with E-state index in [2.05, 4.69) is 15.0 Å². The van der Waals surface area contributed by atoms with Gasteiger partial charge in [0.15, 0.2) is 0 Å². The SMILES string of the molecule is C[C@H](NC(=O)OC(C)(C)C)c1nc2cccc(Cl)c2c(=O)n1-c1cccc(CNS(C)(=O)=O)c1. The van der Waals surface area contributed by atoms with Gasteiger partial charge in [-0.2, -0.15) is 0 Å². The number of hydrogen-bond acceptors (Lipinski definition) is 6. The lowest BCUT2D eigenvalue weighted by atomic mass is 10.1. The van der Waals surface area contributed by atoms with Crippen molar-refractivity contribution in [2.45, 2.75) is 45.9 Å². The molecule has 0 aliphatic carbocycles. The highest BCUT2D eigenvalue weighted by Crippen LogP contribution is 2.23. The Hall–Kier alpha value is -2.95. The van der Waals surface area contributed by atoms with Gasteiger partial charge in [0, 0.05) is 6.54 Å². The number of nitrogens with one attached hydrogen (secondary N) is 2. The predicted molar refractivity (Wildman–Crippen MR) is 132 cm³/mol. The van der Waals surface area contributed by atoms with Gasteiger partial charge in [0.2, 0.25) is 10.0 Å². The van der Waals surface area contributed by atoms with E-state index in [1.54, 1.807) is 70.2 Å². The van der Waals surface area contributed by atoms with E-state index in [1.807, 2.05) is 0 Å². The molecule has 0 fully saturated rings. The Labute approximate surface area is 203 Å². The van der Waals surface area contributed by atoms with Gasteiger partial charge in [-0.1, -0.05) is 29.8 Å². The second-order valence-corrected chi connectivity index (χ2v) is 11.1. The number of aromatic nitrogens is 2. The molecular weight excluding hydrogens is 480 g/mol. The van der Waals surface area contributed by atoms with Crippen LogP contribution in [0.25, 0.3) is 16.6 Å². The number of sulfonamides is 1. The van der Waals surface area contributed by atoms with E-state index in [1.165, 1.54) is 4.57 Å². The minimum absolute atomic E-state index is 0.0459. The van der Waals surface area contributed by atoms with Crippen molar-refractivity contribution in [1.82, 2.24) is 19.6 Å². The smallest absolute Gasteiger partial charge is 0.408 e. The molecule has 0 radical (unpaired) electrons. The molecule has 2 N–H and O–H groups in total. The molecule has 3 rings (SSSR count). The molecule has 0 bridgehead atoms. The Morgan fingerprint density at radius 2 is 1.88 bits per heavy atom. The van der Waals surface area contributed by atoms with E-state index in [4.69, 9.17) is 16.3 Å². The van der Waals surface area contributed by atoms with Crippen molar-refractivity contribution in [2.75, 3.05) is 6.26 Å². The molecule has 0 unspecified atom stereocenters. The summed E-state index contributed by atoms with van der Waals surface area (Å²) >= 11 is 6.32. The number of amides is 1. The summed E-state index contributed by atoms with van der Waals surface area (Å²) in [4.78, 5) is 30.6. The summed E-state index contributed by atoms with van der Waals surface area (Å²) in [5.74, 6) is 0.263.